The van der Waals surface area contributed by atoms with Crippen LogP contribution in [0.15, 0.2) is 0 Å². The summed E-state index contributed by atoms with van der Waals surface area (Å²) in [6.07, 6.45) is 1.25. The van der Waals surface area contributed by atoms with Crippen molar-refractivity contribution in [2.45, 2.75) is 32.9 Å². The highest BCUT2D eigenvalue weighted by atomic mass is 16.5. The Morgan fingerprint density at radius 2 is 2.21 bits per heavy atom. The number of ether oxygens (including phenoxy) is 2. The molecule has 0 saturated carbocycles. The van der Waals surface area contributed by atoms with Crippen LogP contribution in [0, 0.1) is 13.8 Å². The zero-order valence-electron chi connectivity index (χ0n) is 12.5. The van der Waals surface area contributed by atoms with Crippen LogP contribution in [0.2, 0.25) is 0 Å². The molecule has 1 aromatic heterocycles. The van der Waals surface area contributed by atoms with Crippen LogP contribution in [-0.4, -0.2) is 54.0 Å². The minimum absolute atomic E-state index is 0.288. The van der Waals surface area contributed by atoms with E-state index < -0.39 is 0 Å². The Balaban J connectivity index is 1.93. The Hall–Kier alpha value is -0.910. The fraction of sp³-hybridized carbons (Fsp3) is 0.786. The number of imidazole rings is 1. The average molecular weight is 267 g/mol. The molecule has 1 aliphatic rings. The first-order valence-corrected chi connectivity index (χ1v) is 6.93. The Labute approximate surface area is 115 Å². The lowest BCUT2D eigenvalue weighted by Crippen LogP contribution is -2.42. The van der Waals surface area contributed by atoms with Gasteiger partial charge in [-0.15, -0.1) is 0 Å². The van der Waals surface area contributed by atoms with Crippen molar-refractivity contribution < 1.29 is 9.47 Å². The molecule has 19 heavy (non-hydrogen) atoms. The van der Waals surface area contributed by atoms with Crippen LogP contribution in [-0.2, 0) is 23.1 Å². The number of aromatic nitrogens is 2. The summed E-state index contributed by atoms with van der Waals surface area (Å²) in [4.78, 5) is 7.07. The van der Waals surface area contributed by atoms with E-state index >= 15 is 0 Å². The van der Waals surface area contributed by atoms with Crippen molar-refractivity contribution >= 4 is 0 Å². The van der Waals surface area contributed by atoms with E-state index in [0.29, 0.717) is 0 Å². The minimum Gasteiger partial charge on any atom is -0.385 e. The molecule has 0 amide bonds. The molecule has 5 nitrogen and oxygen atoms in total. The number of hydrogen-bond acceptors (Lipinski definition) is 4. The Kier molecular flexibility index (Phi) is 4.96. The molecule has 0 spiro atoms. The largest absolute Gasteiger partial charge is 0.385 e. The Morgan fingerprint density at radius 1 is 1.42 bits per heavy atom. The van der Waals surface area contributed by atoms with Gasteiger partial charge in [-0.2, -0.15) is 0 Å². The molecule has 2 heterocycles. The van der Waals surface area contributed by atoms with Gasteiger partial charge in [-0.1, -0.05) is 0 Å². The van der Waals surface area contributed by atoms with Gasteiger partial charge in [-0.3, -0.25) is 4.90 Å². The molecule has 1 aliphatic heterocycles. The third kappa shape index (κ3) is 3.55. The van der Waals surface area contributed by atoms with Crippen molar-refractivity contribution in [2.75, 3.05) is 33.4 Å². The summed E-state index contributed by atoms with van der Waals surface area (Å²) in [6.45, 7) is 8.60. The molecule has 1 atom stereocenters. The maximum Gasteiger partial charge on any atom is 0.123 e. The average Bonchev–Trinajstić information content (AvgIpc) is 2.64. The van der Waals surface area contributed by atoms with Crippen LogP contribution >= 0.6 is 0 Å². The van der Waals surface area contributed by atoms with Crippen LogP contribution < -0.4 is 0 Å². The second-order valence-electron chi connectivity index (χ2n) is 5.27. The summed E-state index contributed by atoms with van der Waals surface area (Å²) in [5, 5.41) is 0. The van der Waals surface area contributed by atoms with Crippen molar-refractivity contribution in [1.82, 2.24) is 14.5 Å². The normalized spacial score (nSPS) is 20.9. The van der Waals surface area contributed by atoms with E-state index in [1.54, 1.807) is 7.11 Å². The molecule has 0 radical (unpaired) electrons. The first-order chi connectivity index (χ1) is 9.11. The summed E-state index contributed by atoms with van der Waals surface area (Å²) >= 11 is 0. The van der Waals surface area contributed by atoms with Crippen molar-refractivity contribution in [3.8, 4) is 0 Å². The summed E-state index contributed by atoms with van der Waals surface area (Å²) in [5.41, 5.74) is 2.38. The lowest BCUT2D eigenvalue weighted by Gasteiger charge is -2.32. The number of hydrogen-bond donors (Lipinski definition) is 0. The maximum atomic E-state index is 5.76. The molecular formula is C14H25N3O2. The van der Waals surface area contributed by atoms with Crippen molar-refractivity contribution in [3.63, 3.8) is 0 Å². The monoisotopic (exact) mass is 267 g/mol. The zero-order chi connectivity index (χ0) is 13.8. The molecule has 1 saturated heterocycles. The first kappa shape index (κ1) is 14.5. The van der Waals surface area contributed by atoms with Gasteiger partial charge in [0, 0.05) is 39.5 Å². The zero-order valence-corrected chi connectivity index (χ0v) is 12.5. The standard InChI is InChI=1S/C14H25N3O2/c1-11-12(2)16(3)14(15-11)10-17-6-8-19-13(9-17)5-7-18-4/h13H,5-10H2,1-4H3. The number of methoxy groups -OCH3 is 1. The van der Waals surface area contributed by atoms with E-state index in [-0.39, 0.29) is 6.10 Å². The molecule has 108 valence electrons. The topological polar surface area (TPSA) is 39.5 Å². The lowest BCUT2D eigenvalue weighted by atomic mass is 10.2. The van der Waals surface area contributed by atoms with Crippen molar-refractivity contribution in [3.05, 3.63) is 17.2 Å². The number of rotatable bonds is 5. The minimum atomic E-state index is 0.288. The summed E-state index contributed by atoms with van der Waals surface area (Å²) in [7, 11) is 3.83. The smallest absolute Gasteiger partial charge is 0.123 e. The van der Waals surface area contributed by atoms with Gasteiger partial charge in [0.1, 0.15) is 5.82 Å². The van der Waals surface area contributed by atoms with Gasteiger partial charge in [0.15, 0.2) is 0 Å². The number of morpholine rings is 1. The van der Waals surface area contributed by atoms with E-state index in [2.05, 4.69) is 35.3 Å². The fourth-order valence-electron chi connectivity index (χ4n) is 2.48. The first-order valence-electron chi connectivity index (χ1n) is 6.93. The SMILES string of the molecule is COCCC1CN(Cc2nc(C)c(C)n2C)CCO1. The molecule has 5 heteroatoms. The Morgan fingerprint density at radius 3 is 2.84 bits per heavy atom. The molecule has 0 N–H and O–H groups in total. The maximum absolute atomic E-state index is 5.76. The third-order valence-electron chi connectivity index (χ3n) is 3.94. The van der Waals surface area contributed by atoms with Gasteiger partial charge in [0.2, 0.25) is 0 Å². The van der Waals surface area contributed by atoms with Crippen LogP contribution in [0.4, 0.5) is 0 Å². The highest BCUT2D eigenvalue weighted by molar-refractivity contribution is 5.13. The van der Waals surface area contributed by atoms with E-state index in [1.807, 2.05) is 0 Å². The highest BCUT2D eigenvalue weighted by Crippen LogP contribution is 2.14. The van der Waals surface area contributed by atoms with Gasteiger partial charge >= 0.3 is 0 Å². The van der Waals surface area contributed by atoms with Crippen molar-refractivity contribution in [2.24, 2.45) is 7.05 Å². The van der Waals surface area contributed by atoms with Gasteiger partial charge in [0.25, 0.3) is 0 Å². The fourth-order valence-corrected chi connectivity index (χ4v) is 2.48. The third-order valence-corrected chi connectivity index (χ3v) is 3.94. The molecule has 1 aromatic rings. The highest BCUT2D eigenvalue weighted by Gasteiger charge is 2.21. The van der Waals surface area contributed by atoms with E-state index in [1.165, 1.54) is 5.69 Å². The van der Waals surface area contributed by atoms with Gasteiger partial charge in [0.05, 0.1) is 24.9 Å². The molecule has 1 fully saturated rings. The molecule has 0 aliphatic carbocycles. The number of nitrogens with zero attached hydrogens (tertiary/aromatic N) is 3. The molecule has 1 unspecified atom stereocenters. The molecule has 0 bridgehead atoms. The van der Waals surface area contributed by atoms with E-state index in [4.69, 9.17) is 9.47 Å². The van der Waals surface area contributed by atoms with Crippen LogP contribution in [0.5, 0.6) is 0 Å². The van der Waals surface area contributed by atoms with Gasteiger partial charge in [-0.05, 0) is 20.3 Å². The summed E-state index contributed by atoms with van der Waals surface area (Å²) in [6, 6.07) is 0. The van der Waals surface area contributed by atoms with Gasteiger partial charge in [-0.25, -0.2) is 4.98 Å². The van der Waals surface area contributed by atoms with Crippen LogP contribution in [0.1, 0.15) is 23.6 Å². The summed E-state index contributed by atoms with van der Waals surface area (Å²) < 4.78 is 13.1. The lowest BCUT2D eigenvalue weighted by molar-refractivity contribution is -0.0440. The van der Waals surface area contributed by atoms with E-state index in [9.17, 15) is 0 Å². The predicted molar refractivity (Wildman–Crippen MR) is 74.2 cm³/mol. The molecule has 0 aromatic carbocycles. The number of aryl methyl sites for hydroxylation is 1. The Bertz CT molecular complexity index is 417. The van der Waals surface area contributed by atoms with Gasteiger partial charge < -0.3 is 14.0 Å². The van der Waals surface area contributed by atoms with Crippen molar-refractivity contribution in [1.29, 1.82) is 0 Å². The van der Waals surface area contributed by atoms with Crippen LogP contribution in [0.3, 0.4) is 0 Å². The second-order valence-corrected chi connectivity index (χ2v) is 5.27. The second kappa shape index (κ2) is 6.50. The predicted octanol–water partition coefficient (Wildman–Crippen LogP) is 1.27. The quantitative estimate of drug-likeness (QED) is 0.805. The summed E-state index contributed by atoms with van der Waals surface area (Å²) in [5.74, 6) is 1.14. The van der Waals surface area contributed by atoms with E-state index in [0.717, 1.165) is 50.8 Å². The molecular weight excluding hydrogens is 242 g/mol. The van der Waals surface area contributed by atoms with Crippen LogP contribution in [0.25, 0.3) is 0 Å². The molecule has 2 rings (SSSR count).